The number of nitrogens with zero attached hydrogens (tertiary/aromatic N) is 5. The number of benzene rings is 1. The van der Waals surface area contributed by atoms with Gasteiger partial charge in [-0.15, -0.1) is 0 Å². The molecule has 2 rings (SSSR count). The van der Waals surface area contributed by atoms with Gasteiger partial charge in [-0.3, -0.25) is 0 Å². The predicted molar refractivity (Wildman–Crippen MR) is 58.7 cm³/mol. The van der Waals surface area contributed by atoms with Crippen LogP contribution >= 0.6 is 0 Å². The third-order valence-electron chi connectivity index (χ3n) is 2.04. The van der Waals surface area contributed by atoms with Crippen molar-refractivity contribution in [2.75, 3.05) is 0 Å². The summed E-state index contributed by atoms with van der Waals surface area (Å²) in [6, 6.07) is 9.60. The summed E-state index contributed by atoms with van der Waals surface area (Å²) in [6.45, 7) is 1.38. The molecular formula is C10H9HgN5O2. The zero-order valence-electron chi connectivity index (χ0n) is 9.72. The molecular weight excluding hydrogens is 423 g/mol. The summed E-state index contributed by atoms with van der Waals surface area (Å²) in [4.78, 5) is 12.1. The van der Waals surface area contributed by atoms with Crippen molar-refractivity contribution in [2.45, 2.75) is 6.92 Å². The minimum atomic E-state index is -2.05. The fourth-order valence-corrected chi connectivity index (χ4v) is 3.98. The van der Waals surface area contributed by atoms with Gasteiger partial charge in [-0.05, 0) is 0 Å². The Morgan fingerprint density at radius 3 is 2.94 bits per heavy atom. The van der Waals surface area contributed by atoms with Crippen LogP contribution in [0, 0.1) is 0 Å². The average Bonchev–Trinajstić information content (AvgIpc) is 2.82. The van der Waals surface area contributed by atoms with Crippen molar-refractivity contribution in [1.29, 1.82) is 0 Å². The monoisotopic (exact) mass is 433 g/mol. The zero-order chi connectivity index (χ0) is 12.8. The Bertz CT molecular complexity index is 554. The van der Waals surface area contributed by atoms with Gasteiger partial charge in [0.1, 0.15) is 0 Å². The molecule has 0 saturated heterocycles. The van der Waals surface area contributed by atoms with Gasteiger partial charge in [-0.25, -0.2) is 0 Å². The quantitative estimate of drug-likeness (QED) is 0.492. The van der Waals surface area contributed by atoms with Gasteiger partial charge < -0.3 is 0 Å². The molecule has 7 nitrogen and oxygen atoms in total. The Morgan fingerprint density at radius 1 is 1.44 bits per heavy atom. The van der Waals surface area contributed by atoms with Crippen LogP contribution in [0.25, 0.3) is 0 Å². The Morgan fingerprint density at radius 2 is 2.22 bits per heavy atom. The molecule has 0 spiro atoms. The molecule has 0 saturated carbocycles. The van der Waals surface area contributed by atoms with Crippen LogP contribution in [-0.2, 0) is 32.5 Å². The van der Waals surface area contributed by atoms with Crippen molar-refractivity contribution in [3.8, 4) is 0 Å². The van der Waals surface area contributed by atoms with Gasteiger partial charge in [0.15, 0.2) is 0 Å². The molecule has 0 fully saturated rings. The second kappa shape index (κ2) is 6.34. The molecule has 0 amide bonds. The number of hydrogen-bond acceptors (Lipinski definition) is 6. The SMILES string of the molecule is CC(=O)[O][Hg][c]1nnnn1N=Cc1ccccc1. The Hall–Kier alpha value is -1.63. The summed E-state index contributed by atoms with van der Waals surface area (Å²) in [5.41, 5.74) is 0.947. The molecule has 1 aromatic heterocycles. The summed E-state index contributed by atoms with van der Waals surface area (Å²) in [6.07, 6.45) is 1.65. The standard InChI is InChI=1S/C8H6N5.C2H4O2.Hg/c1-2-4-8(5-3-1)6-10-13-7-9-11-12-13;1-2(3)4;/h1-6H;1H3,(H,3,4);/q;;+1/p-1. The molecule has 0 aliphatic carbocycles. The van der Waals surface area contributed by atoms with E-state index in [0.717, 1.165) is 5.56 Å². The first-order valence-corrected chi connectivity index (χ1v) is 10.2. The molecule has 0 unspecified atom stereocenters. The van der Waals surface area contributed by atoms with E-state index < -0.39 is 25.0 Å². The first-order valence-electron chi connectivity index (χ1n) is 5.26. The number of hydrogen-bond donors (Lipinski definition) is 0. The normalized spacial score (nSPS) is 10.3. The first-order chi connectivity index (χ1) is 8.75. The summed E-state index contributed by atoms with van der Waals surface area (Å²) in [5, 5.41) is 15.2. The van der Waals surface area contributed by atoms with Gasteiger partial charge in [0.05, 0.1) is 0 Å². The molecule has 18 heavy (non-hydrogen) atoms. The predicted octanol–water partition coefficient (Wildman–Crippen LogP) is -0.259. The number of rotatable bonds is 4. The number of carbonyl (C=O) groups excluding carboxylic acids is 1. The van der Waals surface area contributed by atoms with E-state index in [1.807, 2.05) is 30.3 Å². The number of tetrazole rings is 1. The van der Waals surface area contributed by atoms with E-state index >= 15 is 0 Å². The number of carbonyl (C=O) groups is 1. The van der Waals surface area contributed by atoms with E-state index in [4.69, 9.17) is 2.64 Å². The van der Waals surface area contributed by atoms with E-state index in [1.54, 1.807) is 6.21 Å². The molecule has 0 bridgehead atoms. The molecule has 0 radical (unpaired) electrons. The van der Waals surface area contributed by atoms with Crippen LogP contribution in [0.3, 0.4) is 0 Å². The maximum atomic E-state index is 10.7. The van der Waals surface area contributed by atoms with E-state index in [2.05, 4.69) is 20.6 Å². The second-order valence-electron chi connectivity index (χ2n) is 3.42. The van der Waals surface area contributed by atoms with Gasteiger partial charge in [0, 0.05) is 0 Å². The Labute approximate surface area is 116 Å². The fraction of sp³-hybridized carbons (Fsp3) is 0.100. The fourth-order valence-electron chi connectivity index (χ4n) is 1.20. The summed E-state index contributed by atoms with van der Waals surface area (Å²) >= 11 is -2.05. The molecule has 88 valence electrons. The third-order valence-corrected chi connectivity index (χ3v) is 6.83. The van der Waals surface area contributed by atoms with Crippen molar-refractivity contribution in [1.82, 2.24) is 20.3 Å². The van der Waals surface area contributed by atoms with Gasteiger partial charge in [-0.2, -0.15) is 0 Å². The van der Waals surface area contributed by atoms with Crippen molar-refractivity contribution < 1.29 is 32.5 Å². The van der Waals surface area contributed by atoms with Crippen LogP contribution in [0.1, 0.15) is 12.5 Å². The second-order valence-corrected chi connectivity index (χ2v) is 8.12. The minimum absolute atomic E-state index is 0.293. The van der Waals surface area contributed by atoms with Crippen LogP contribution in [0.2, 0.25) is 0 Å². The van der Waals surface area contributed by atoms with Crippen molar-refractivity contribution >= 4 is 15.5 Å². The summed E-state index contributed by atoms with van der Waals surface area (Å²) in [7, 11) is 0. The maximum absolute atomic E-state index is 10.7. The molecule has 0 atom stereocenters. The van der Waals surface area contributed by atoms with Crippen LogP contribution in [0.5, 0.6) is 0 Å². The molecule has 0 aliphatic heterocycles. The topological polar surface area (TPSA) is 82.3 Å². The van der Waals surface area contributed by atoms with E-state index in [-0.39, 0.29) is 5.97 Å². The van der Waals surface area contributed by atoms with Crippen molar-refractivity contribution in [3.63, 3.8) is 0 Å². The summed E-state index contributed by atoms with van der Waals surface area (Å²) in [5.74, 6) is -0.293. The van der Waals surface area contributed by atoms with Crippen LogP contribution in [0.4, 0.5) is 0 Å². The van der Waals surface area contributed by atoms with Gasteiger partial charge in [0.2, 0.25) is 0 Å². The Balaban J connectivity index is 2.08. The Kier molecular flexibility index (Phi) is 4.51. The van der Waals surface area contributed by atoms with Crippen molar-refractivity contribution in [3.05, 3.63) is 35.9 Å². The molecule has 2 aromatic rings. The molecule has 0 aliphatic rings. The molecule has 0 N–H and O–H groups in total. The summed E-state index contributed by atoms with van der Waals surface area (Å²) < 4.78 is 5.61. The van der Waals surface area contributed by atoms with Gasteiger partial charge in [-0.1, -0.05) is 0 Å². The third kappa shape index (κ3) is 3.69. The van der Waals surface area contributed by atoms with Gasteiger partial charge >= 0.3 is 116 Å². The molecule has 8 heteroatoms. The first kappa shape index (κ1) is 12.8. The average molecular weight is 432 g/mol. The van der Waals surface area contributed by atoms with E-state index in [0.29, 0.717) is 3.33 Å². The zero-order valence-corrected chi connectivity index (χ0v) is 15.2. The van der Waals surface area contributed by atoms with Gasteiger partial charge in [0.25, 0.3) is 0 Å². The number of aromatic nitrogens is 4. The van der Waals surface area contributed by atoms with Crippen LogP contribution in [-0.4, -0.2) is 32.5 Å². The van der Waals surface area contributed by atoms with Crippen LogP contribution in [0.15, 0.2) is 35.4 Å². The molecule has 1 aromatic carbocycles. The molecule has 1 heterocycles. The van der Waals surface area contributed by atoms with Crippen molar-refractivity contribution in [2.24, 2.45) is 5.10 Å². The van der Waals surface area contributed by atoms with Crippen LogP contribution < -0.4 is 3.33 Å². The van der Waals surface area contributed by atoms with E-state index in [1.165, 1.54) is 11.7 Å². The van der Waals surface area contributed by atoms with E-state index in [9.17, 15) is 4.79 Å².